The third kappa shape index (κ3) is 1.73. The maximum absolute atomic E-state index is 11.9. The molecule has 0 fully saturated rings. The van der Waals surface area contributed by atoms with E-state index in [1.807, 2.05) is 51.1 Å². The Hall–Kier alpha value is -1.64. The number of amidine groups is 1. The highest BCUT2D eigenvalue weighted by Crippen LogP contribution is 2.25. The van der Waals surface area contributed by atoms with Gasteiger partial charge in [0.2, 0.25) is 0 Å². The summed E-state index contributed by atoms with van der Waals surface area (Å²) in [5.41, 5.74) is 1.14. The van der Waals surface area contributed by atoms with Gasteiger partial charge in [0.1, 0.15) is 11.9 Å². The molecule has 0 bridgehead atoms. The smallest absolute Gasteiger partial charge is 0.253 e. The fourth-order valence-corrected chi connectivity index (χ4v) is 2.11. The van der Waals surface area contributed by atoms with Crippen LogP contribution in [-0.2, 0) is 4.79 Å². The fourth-order valence-electron chi connectivity index (χ4n) is 2.11. The van der Waals surface area contributed by atoms with E-state index in [-0.39, 0.29) is 18.0 Å². The Morgan fingerprint density at radius 2 is 1.94 bits per heavy atom. The Bertz CT molecular complexity index is 425. The molecule has 2 atom stereocenters. The third-order valence-corrected chi connectivity index (χ3v) is 2.99. The van der Waals surface area contributed by atoms with E-state index in [4.69, 9.17) is 0 Å². The van der Waals surface area contributed by atoms with Gasteiger partial charge in [-0.2, -0.15) is 0 Å². The summed E-state index contributed by atoms with van der Waals surface area (Å²) in [6.07, 6.45) is 0. The molecule has 0 saturated heterocycles. The molecule has 84 valence electrons. The van der Waals surface area contributed by atoms with E-state index >= 15 is 0 Å². The van der Waals surface area contributed by atoms with Crippen LogP contribution in [0.3, 0.4) is 0 Å². The number of hydrogen-bond acceptors (Lipinski definition) is 2. The average molecular weight is 216 g/mol. The highest BCUT2D eigenvalue weighted by Gasteiger charge is 2.32. The minimum absolute atomic E-state index is 0.0578. The van der Waals surface area contributed by atoms with E-state index < -0.39 is 0 Å². The van der Waals surface area contributed by atoms with Gasteiger partial charge < -0.3 is 0 Å². The molecule has 1 aliphatic heterocycles. The first kappa shape index (κ1) is 10.9. The Balaban J connectivity index is 2.27. The lowest BCUT2D eigenvalue weighted by Gasteiger charge is -2.25. The maximum Gasteiger partial charge on any atom is 0.253 e. The molecule has 1 aromatic carbocycles. The van der Waals surface area contributed by atoms with Crippen LogP contribution < -0.4 is 0 Å². The van der Waals surface area contributed by atoms with Crippen molar-refractivity contribution in [2.45, 2.75) is 32.9 Å². The van der Waals surface area contributed by atoms with E-state index in [1.54, 1.807) is 4.90 Å². The molecule has 0 saturated carbocycles. The standard InChI is InChI=1S/C13H16N2O/c1-9-13(16)15(11(3)14-9)10(2)12-7-5-4-6-8-12/h4-10H,1-3H3. The molecule has 3 heteroatoms. The molecule has 3 nitrogen and oxygen atoms in total. The van der Waals surface area contributed by atoms with Crippen molar-refractivity contribution < 1.29 is 4.79 Å². The van der Waals surface area contributed by atoms with Gasteiger partial charge in [-0.15, -0.1) is 0 Å². The van der Waals surface area contributed by atoms with Crippen LogP contribution in [0.15, 0.2) is 35.3 Å². The van der Waals surface area contributed by atoms with Crippen molar-refractivity contribution in [1.82, 2.24) is 4.90 Å². The zero-order chi connectivity index (χ0) is 11.7. The van der Waals surface area contributed by atoms with Crippen LogP contribution in [0.25, 0.3) is 0 Å². The first-order valence-electron chi connectivity index (χ1n) is 5.53. The van der Waals surface area contributed by atoms with Gasteiger partial charge in [-0.25, -0.2) is 0 Å². The molecular formula is C13H16N2O. The second-order valence-corrected chi connectivity index (χ2v) is 4.15. The van der Waals surface area contributed by atoms with Crippen LogP contribution in [0.2, 0.25) is 0 Å². The summed E-state index contributed by atoms with van der Waals surface area (Å²) in [5, 5.41) is 0. The Labute approximate surface area is 95.8 Å². The zero-order valence-corrected chi connectivity index (χ0v) is 9.84. The predicted molar refractivity (Wildman–Crippen MR) is 64.3 cm³/mol. The molecule has 0 aliphatic carbocycles. The SMILES string of the molecule is CC1=NC(C)C(=O)N1C(C)c1ccccc1. The molecule has 1 aliphatic rings. The first-order chi connectivity index (χ1) is 7.61. The third-order valence-electron chi connectivity index (χ3n) is 2.99. The van der Waals surface area contributed by atoms with Gasteiger partial charge in [-0.1, -0.05) is 30.3 Å². The van der Waals surface area contributed by atoms with Gasteiger partial charge in [-0.05, 0) is 26.3 Å². The van der Waals surface area contributed by atoms with Crippen LogP contribution in [0.5, 0.6) is 0 Å². The number of carbonyl (C=O) groups is 1. The van der Waals surface area contributed by atoms with Crippen molar-refractivity contribution in [2.24, 2.45) is 4.99 Å². The number of nitrogens with zero attached hydrogens (tertiary/aromatic N) is 2. The number of rotatable bonds is 2. The number of aliphatic imine (C=N–C) groups is 1. The molecule has 1 aromatic rings. The lowest BCUT2D eigenvalue weighted by molar-refractivity contribution is -0.128. The maximum atomic E-state index is 11.9. The normalized spacial score (nSPS) is 22.2. The van der Waals surface area contributed by atoms with Crippen LogP contribution >= 0.6 is 0 Å². The van der Waals surface area contributed by atoms with Crippen molar-refractivity contribution >= 4 is 11.7 Å². The van der Waals surface area contributed by atoms with E-state index in [0.29, 0.717) is 0 Å². The van der Waals surface area contributed by atoms with Gasteiger partial charge >= 0.3 is 0 Å². The molecule has 16 heavy (non-hydrogen) atoms. The number of carbonyl (C=O) groups excluding carboxylic acids is 1. The van der Waals surface area contributed by atoms with Crippen LogP contribution in [0, 0.1) is 0 Å². The topological polar surface area (TPSA) is 32.7 Å². The first-order valence-corrected chi connectivity index (χ1v) is 5.53. The van der Waals surface area contributed by atoms with E-state index in [2.05, 4.69) is 4.99 Å². The van der Waals surface area contributed by atoms with Gasteiger partial charge in [0.05, 0.1) is 6.04 Å². The number of benzene rings is 1. The molecular weight excluding hydrogens is 200 g/mol. The van der Waals surface area contributed by atoms with E-state index in [9.17, 15) is 4.79 Å². The van der Waals surface area contributed by atoms with Crippen LogP contribution in [-0.4, -0.2) is 22.7 Å². The lowest BCUT2D eigenvalue weighted by atomic mass is 10.1. The minimum atomic E-state index is -0.230. The summed E-state index contributed by atoms with van der Waals surface area (Å²) in [6.45, 7) is 5.76. The zero-order valence-electron chi connectivity index (χ0n) is 9.84. The molecule has 0 aromatic heterocycles. The second-order valence-electron chi connectivity index (χ2n) is 4.15. The Morgan fingerprint density at radius 1 is 1.31 bits per heavy atom. The summed E-state index contributed by atoms with van der Waals surface area (Å²) in [4.78, 5) is 18.0. The molecule has 1 heterocycles. The summed E-state index contributed by atoms with van der Waals surface area (Å²) in [5.74, 6) is 0.905. The number of hydrogen-bond donors (Lipinski definition) is 0. The lowest BCUT2D eigenvalue weighted by Crippen LogP contribution is -2.35. The van der Waals surface area contributed by atoms with E-state index in [0.717, 1.165) is 11.4 Å². The number of amides is 1. The molecule has 0 spiro atoms. The summed E-state index contributed by atoms with van der Waals surface area (Å²) in [6, 6.07) is 9.85. The monoisotopic (exact) mass is 216 g/mol. The van der Waals surface area contributed by atoms with Crippen LogP contribution in [0.1, 0.15) is 32.4 Å². The molecule has 1 amide bonds. The summed E-state index contributed by atoms with van der Waals surface area (Å²) < 4.78 is 0. The largest absolute Gasteiger partial charge is 0.292 e. The van der Waals surface area contributed by atoms with Gasteiger partial charge in [0, 0.05) is 0 Å². The summed E-state index contributed by atoms with van der Waals surface area (Å²) in [7, 11) is 0. The van der Waals surface area contributed by atoms with Crippen molar-refractivity contribution in [3.05, 3.63) is 35.9 Å². The highest BCUT2D eigenvalue weighted by molar-refractivity contribution is 6.05. The highest BCUT2D eigenvalue weighted by atomic mass is 16.2. The van der Waals surface area contributed by atoms with Crippen LogP contribution in [0.4, 0.5) is 0 Å². The minimum Gasteiger partial charge on any atom is -0.292 e. The second kappa shape index (κ2) is 4.08. The quantitative estimate of drug-likeness (QED) is 0.747. The van der Waals surface area contributed by atoms with Crippen molar-refractivity contribution in [3.63, 3.8) is 0 Å². The van der Waals surface area contributed by atoms with Gasteiger partial charge in [0.25, 0.3) is 5.91 Å². The van der Waals surface area contributed by atoms with Crippen molar-refractivity contribution in [3.8, 4) is 0 Å². The van der Waals surface area contributed by atoms with E-state index in [1.165, 1.54) is 0 Å². The molecule has 0 N–H and O–H groups in total. The molecule has 0 radical (unpaired) electrons. The Morgan fingerprint density at radius 3 is 2.44 bits per heavy atom. The van der Waals surface area contributed by atoms with Gasteiger partial charge in [-0.3, -0.25) is 14.7 Å². The molecule has 2 rings (SSSR count). The predicted octanol–water partition coefficient (Wildman–Crippen LogP) is 2.40. The molecule has 2 unspecified atom stereocenters. The van der Waals surface area contributed by atoms with Gasteiger partial charge in [0.15, 0.2) is 0 Å². The Kier molecular flexibility index (Phi) is 2.77. The van der Waals surface area contributed by atoms with Crippen molar-refractivity contribution in [1.29, 1.82) is 0 Å². The fraction of sp³-hybridized carbons (Fsp3) is 0.385. The van der Waals surface area contributed by atoms with Crippen molar-refractivity contribution in [2.75, 3.05) is 0 Å². The average Bonchev–Trinajstić information content (AvgIpc) is 2.54. The summed E-state index contributed by atoms with van der Waals surface area (Å²) >= 11 is 0.